The number of carbonyl (C=O) groups is 1. The van der Waals surface area contributed by atoms with E-state index >= 15 is 0 Å². The van der Waals surface area contributed by atoms with E-state index in [1.165, 1.54) is 6.42 Å². The van der Waals surface area contributed by atoms with E-state index in [-0.39, 0.29) is 11.9 Å². The Hall–Kier alpha value is -3.89. The lowest BCUT2D eigenvalue weighted by atomic mass is 9.95. The molecule has 0 atom stereocenters. The van der Waals surface area contributed by atoms with Gasteiger partial charge < -0.3 is 20.7 Å². The minimum Gasteiger partial charge on any atom is -0.495 e. The molecular weight excluding hydrogens is 450 g/mol. The monoisotopic (exact) mass is 485 g/mol. The van der Waals surface area contributed by atoms with E-state index in [4.69, 9.17) is 10.00 Å². The standard InChI is InChI=1S/C27H28N4O2.C2H7N/c1-18(16-28)17-29-26-22-15-20(12-11-19(22)13-14-25(26)33-2)23-9-6-10-24(31-23)27(32)30-21-7-4-3-5-8-21;1-3-2/h6,9-15,21,29H,1,3-5,7-8,17H2,2H3,(H,30,32);3H,1-2H3. The van der Waals surface area contributed by atoms with Crippen molar-refractivity contribution in [1.29, 1.82) is 5.26 Å². The van der Waals surface area contributed by atoms with Gasteiger partial charge in [0.25, 0.3) is 5.91 Å². The first-order valence-corrected chi connectivity index (χ1v) is 12.3. The van der Waals surface area contributed by atoms with Crippen molar-refractivity contribution in [1.82, 2.24) is 15.6 Å². The Labute approximate surface area is 213 Å². The second-order valence-corrected chi connectivity index (χ2v) is 8.86. The molecule has 1 amide bonds. The number of carbonyl (C=O) groups excluding carboxylic acids is 1. The minimum atomic E-state index is -0.122. The fourth-order valence-electron chi connectivity index (χ4n) is 4.27. The fraction of sp³-hybridized carbons (Fsp3) is 0.345. The van der Waals surface area contributed by atoms with Gasteiger partial charge in [0.2, 0.25) is 0 Å². The number of hydrogen-bond acceptors (Lipinski definition) is 6. The minimum absolute atomic E-state index is 0.122. The van der Waals surface area contributed by atoms with Crippen LogP contribution in [0.25, 0.3) is 22.0 Å². The summed E-state index contributed by atoms with van der Waals surface area (Å²) in [5, 5.41) is 20.2. The zero-order valence-corrected chi connectivity index (χ0v) is 21.4. The second kappa shape index (κ2) is 13.3. The number of nitrogens with zero attached hydrogens (tertiary/aromatic N) is 2. The van der Waals surface area contributed by atoms with E-state index in [9.17, 15) is 4.79 Å². The van der Waals surface area contributed by atoms with Crippen molar-refractivity contribution in [2.24, 2.45) is 0 Å². The van der Waals surface area contributed by atoms with Crippen molar-refractivity contribution in [2.45, 2.75) is 38.1 Å². The molecule has 36 heavy (non-hydrogen) atoms. The van der Waals surface area contributed by atoms with Gasteiger partial charge in [0, 0.05) is 29.1 Å². The van der Waals surface area contributed by atoms with Crippen LogP contribution >= 0.6 is 0 Å². The average Bonchev–Trinajstić information content (AvgIpc) is 2.92. The molecule has 0 radical (unpaired) electrons. The van der Waals surface area contributed by atoms with E-state index in [0.717, 1.165) is 53.4 Å². The summed E-state index contributed by atoms with van der Waals surface area (Å²) in [5.74, 6) is 0.558. The van der Waals surface area contributed by atoms with Crippen molar-refractivity contribution < 1.29 is 9.53 Å². The highest BCUT2D eigenvalue weighted by Crippen LogP contribution is 2.35. The molecule has 0 unspecified atom stereocenters. The predicted octanol–water partition coefficient (Wildman–Crippen LogP) is 5.30. The van der Waals surface area contributed by atoms with Gasteiger partial charge in [0.15, 0.2) is 0 Å². The molecule has 1 aliphatic carbocycles. The number of nitriles is 1. The van der Waals surface area contributed by atoms with Crippen molar-refractivity contribution in [3.63, 3.8) is 0 Å². The molecule has 188 valence electrons. The highest BCUT2D eigenvalue weighted by molar-refractivity contribution is 5.99. The van der Waals surface area contributed by atoms with Crippen LogP contribution in [0.3, 0.4) is 0 Å². The molecular formula is C29H35N5O2. The number of anilines is 1. The number of amides is 1. The van der Waals surface area contributed by atoms with Gasteiger partial charge in [-0.1, -0.05) is 50.1 Å². The molecule has 3 N–H and O–H groups in total. The predicted molar refractivity (Wildman–Crippen MR) is 146 cm³/mol. The van der Waals surface area contributed by atoms with Gasteiger partial charge in [-0.2, -0.15) is 5.26 Å². The molecule has 0 saturated heterocycles. The number of rotatable bonds is 7. The van der Waals surface area contributed by atoms with Crippen LogP contribution in [0.2, 0.25) is 0 Å². The van der Waals surface area contributed by atoms with Crippen LogP contribution in [0, 0.1) is 11.3 Å². The third-order valence-electron chi connectivity index (χ3n) is 6.06. The second-order valence-electron chi connectivity index (χ2n) is 8.86. The molecule has 4 rings (SSSR count). The highest BCUT2D eigenvalue weighted by atomic mass is 16.5. The van der Waals surface area contributed by atoms with Gasteiger partial charge in [-0.05, 0) is 56.6 Å². The normalized spacial score (nSPS) is 13.2. The summed E-state index contributed by atoms with van der Waals surface area (Å²) in [6.07, 6.45) is 5.64. The molecule has 0 spiro atoms. The van der Waals surface area contributed by atoms with Gasteiger partial charge in [-0.15, -0.1) is 0 Å². The summed E-state index contributed by atoms with van der Waals surface area (Å²) < 4.78 is 5.54. The van der Waals surface area contributed by atoms with Crippen LogP contribution < -0.4 is 20.7 Å². The smallest absolute Gasteiger partial charge is 0.270 e. The van der Waals surface area contributed by atoms with Crippen molar-refractivity contribution in [2.75, 3.05) is 33.1 Å². The molecule has 1 aliphatic rings. The maximum absolute atomic E-state index is 12.8. The Balaban J connectivity index is 0.00000115. The van der Waals surface area contributed by atoms with Crippen molar-refractivity contribution >= 4 is 22.4 Å². The first kappa shape index (κ1) is 26.7. The number of hydrogen-bond donors (Lipinski definition) is 3. The number of pyridine rings is 1. The van der Waals surface area contributed by atoms with Crippen molar-refractivity contribution in [3.8, 4) is 23.1 Å². The van der Waals surface area contributed by atoms with Gasteiger partial charge in [-0.3, -0.25) is 4.79 Å². The molecule has 1 saturated carbocycles. The fourth-order valence-corrected chi connectivity index (χ4v) is 4.27. The molecule has 1 fully saturated rings. The van der Waals surface area contributed by atoms with Gasteiger partial charge in [-0.25, -0.2) is 4.98 Å². The van der Waals surface area contributed by atoms with E-state index in [1.807, 2.05) is 56.6 Å². The largest absolute Gasteiger partial charge is 0.495 e. The average molecular weight is 486 g/mol. The van der Waals surface area contributed by atoms with Crippen LogP contribution in [0.1, 0.15) is 42.6 Å². The van der Waals surface area contributed by atoms with E-state index < -0.39 is 0 Å². The third-order valence-corrected chi connectivity index (χ3v) is 6.06. The number of nitrogens with one attached hydrogen (secondary N) is 3. The number of benzene rings is 2. The molecule has 7 nitrogen and oxygen atoms in total. The third kappa shape index (κ3) is 6.83. The lowest BCUT2D eigenvalue weighted by molar-refractivity contribution is 0.0922. The summed E-state index contributed by atoms with van der Waals surface area (Å²) in [5.41, 5.74) is 3.27. The van der Waals surface area contributed by atoms with Crippen LogP contribution in [0.15, 0.2) is 60.7 Å². The van der Waals surface area contributed by atoms with E-state index in [2.05, 4.69) is 33.6 Å². The quantitative estimate of drug-likeness (QED) is 0.393. The maximum atomic E-state index is 12.8. The number of fused-ring (bicyclic) bond motifs is 1. The number of methoxy groups -OCH3 is 1. The van der Waals surface area contributed by atoms with E-state index in [0.29, 0.717) is 23.6 Å². The SMILES string of the molecule is C=C(C#N)CNc1c(OC)ccc2ccc(-c3cccc(C(=O)NC4CCCCC4)n3)cc12.CNC. The van der Waals surface area contributed by atoms with Crippen molar-refractivity contribution in [3.05, 3.63) is 66.4 Å². The zero-order chi connectivity index (χ0) is 25.9. The van der Waals surface area contributed by atoms with Gasteiger partial charge >= 0.3 is 0 Å². The summed E-state index contributed by atoms with van der Waals surface area (Å²) in [4.78, 5) is 17.4. The van der Waals surface area contributed by atoms with Crippen LogP contribution in [0.5, 0.6) is 5.75 Å². The number of ether oxygens (including phenoxy) is 1. The first-order chi connectivity index (χ1) is 17.5. The molecule has 1 aromatic heterocycles. The Kier molecular flexibility index (Phi) is 9.84. The summed E-state index contributed by atoms with van der Waals surface area (Å²) in [7, 11) is 5.37. The molecule has 1 heterocycles. The van der Waals surface area contributed by atoms with Crippen LogP contribution in [-0.2, 0) is 0 Å². The number of aromatic nitrogens is 1. The van der Waals surface area contributed by atoms with E-state index in [1.54, 1.807) is 13.2 Å². The first-order valence-electron chi connectivity index (χ1n) is 12.3. The summed E-state index contributed by atoms with van der Waals surface area (Å²) in [6, 6.07) is 17.8. The topological polar surface area (TPSA) is 99.1 Å². The summed E-state index contributed by atoms with van der Waals surface area (Å²) >= 11 is 0. The lowest BCUT2D eigenvalue weighted by Gasteiger charge is -2.22. The zero-order valence-electron chi connectivity index (χ0n) is 21.4. The highest BCUT2D eigenvalue weighted by Gasteiger charge is 2.18. The maximum Gasteiger partial charge on any atom is 0.270 e. The molecule has 0 bridgehead atoms. The van der Waals surface area contributed by atoms with Gasteiger partial charge in [0.1, 0.15) is 11.4 Å². The summed E-state index contributed by atoms with van der Waals surface area (Å²) in [6.45, 7) is 4.07. The lowest BCUT2D eigenvalue weighted by Crippen LogP contribution is -2.36. The Bertz CT molecular complexity index is 1240. The van der Waals surface area contributed by atoms with Crippen LogP contribution in [-0.4, -0.2) is 44.7 Å². The van der Waals surface area contributed by atoms with Gasteiger partial charge in [0.05, 0.1) is 24.6 Å². The molecule has 7 heteroatoms. The molecule has 2 aromatic carbocycles. The Morgan fingerprint density at radius 2 is 1.86 bits per heavy atom. The Morgan fingerprint density at radius 3 is 2.56 bits per heavy atom. The Morgan fingerprint density at radius 1 is 1.14 bits per heavy atom. The molecule has 0 aliphatic heterocycles. The molecule has 3 aromatic rings. The van der Waals surface area contributed by atoms with Crippen LogP contribution in [0.4, 0.5) is 5.69 Å².